The van der Waals surface area contributed by atoms with Crippen molar-refractivity contribution in [1.29, 1.82) is 0 Å². The second-order valence-electron chi connectivity index (χ2n) is 9.33. The third kappa shape index (κ3) is 4.74. The van der Waals surface area contributed by atoms with Gasteiger partial charge in [0.15, 0.2) is 0 Å². The van der Waals surface area contributed by atoms with Crippen molar-refractivity contribution in [2.75, 3.05) is 18.8 Å². The number of likely N-dealkylation sites (tertiary alicyclic amines) is 1. The van der Waals surface area contributed by atoms with E-state index in [1.165, 1.54) is 16.7 Å². The number of nitrogens with two attached hydrogens (primary N) is 1. The Kier molecular flexibility index (Phi) is 6.02. The van der Waals surface area contributed by atoms with Crippen LogP contribution in [0.2, 0.25) is 5.02 Å². The van der Waals surface area contributed by atoms with Crippen LogP contribution in [0.25, 0.3) is 6.08 Å². The fraction of sp³-hybridized carbons (Fsp3) is 0.423. The van der Waals surface area contributed by atoms with Crippen LogP contribution >= 0.6 is 11.6 Å². The van der Waals surface area contributed by atoms with E-state index < -0.39 is 0 Å². The van der Waals surface area contributed by atoms with Crippen LogP contribution in [0.4, 0.5) is 10.5 Å². The maximum absolute atomic E-state index is 12.4. The molecule has 2 N–H and O–H groups in total. The minimum atomic E-state index is -0.188. The summed E-state index contributed by atoms with van der Waals surface area (Å²) >= 11 is 6.28. The summed E-state index contributed by atoms with van der Waals surface area (Å²) in [6, 6.07) is 14.4. The maximum atomic E-state index is 12.4. The van der Waals surface area contributed by atoms with Crippen LogP contribution in [0, 0.1) is 18.3 Å². The molecule has 4 nitrogen and oxygen atoms in total. The molecule has 1 heterocycles. The van der Waals surface area contributed by atoms with Crippen LogP contribution in [0.15, 0.2) is 48.0 Å². The SMILES string of the molecule is Cc1ccccc1C/C(=C\c1ccc(N)c(Cl)c1)C1C[C@]12CCN(C(=O)OC(C)C)C2. The number of aryl methyl sites for hydroxylation is 1. The first kappa shape index (κ1) is 21.8. The predicted molar refractivity (Wildman–Crippen MR) is 127 cm³/mol. The number of halogens is 1. The standard InChI is InChI=1S/C26H31ClN2O2/c1-17(2)31-25(30)29-11-10-26(16-29)15-22(26)21(14-20-7-5-4-6-18(20)3)12-19-8-9-24(28)23(27)13-19/h4-9,12-13,17,22H,10-11,14-16,28H2,1-3H3/b21-12+/t22?,26-/m0/s1. The summed E-state index contributed by atoms with van der Waals surface area (Å²) in [6.07, 6.45) is 5.03. The lowest BCUT2D eigenvalue weighted by atomic mass is 9.91. The number of anilines is 1. The minimum Gasteiger partial charge on any atom is -0.447 e. The lowest BCUT2D eigenvalue weighted by molar-refractivity contribution is 0.0820. The van der Waals surface area contributed by atoms with Gasteiger partial charge in [-0.2, -0.15) is 0 Å². The van der Waals surface area contributed by atoms with Gasteiger partial charge in [0.1, 0.15) is 0 Å². The van der Waals surface area contributed by atoms with E-state index in [0.29, 0.717) is 16.6 Å². The molecule has 1 aliphatic heterocycles. The van der Waals surface area contributed by atoms with Crippen LogP contribution in [-0.4, -0.2) is 30.2 Å². The monoisotopic (exact) mass is 438 g/mol. The maximum Gasteiger partial charge on any atom is 0.410 e. The molecular formula is C26H31ClN2O2. The van der Waals surface area contributed by atoms with E-state index >= 15 is 0 Å². The van der Waals surface area contributed by atoms with Crippen molar-refractivity contribution in [3.63, 3.8) is 0 Å². The van der Waals surface area contributed by atoms with Gasteiger partial charge in [-0.25, -0.2) is 4.79 Å². The Labute approximate surface area is 190 Å². The molecule has 1 unspecified atom stereocenters. The Morgan fingerprint density at radius 2 is 2.10 bits per heavy atom. The molecule has 1 aliphatic carbocycles. The Morgan fingerprint density at radius 3 is 2.81 bits per heavy atom. The molecule has 164 valence electrons. The molecule has 4 rings (SSSR count). The molecule has 2 aromatic rings. The van der Waals surface area contributed by atoms with Crippen molar-refractivity contribution in [1.82, 2.24) is 4.90 Å². The Morgan fingerprint density at radius 1 is 1.32 bits per heavy atom. The van der Waals surface area contributed by atoms with Crippen LogP contribution in [0.5, 0.6) is 0 Å². The van der Waals surface area contributed by atoms with Crippen LogP contribution in [0.1, 0.15) is 43.4 Å². The summed E-state index contributed by atoms with van der Waals surface area (Å²) < 4.78 is 5.43. The fourth-order valence-electron chi connectivity index (χ4n) is 4.80. The number of carbonyl (C=O) groups is 1. The Hall–Kier alpha value is -2.46. The number of nitrogen functional groups attached to an aromatic ring is 1. The first-order chi connectivity index (χ1) is 14.8. The second-order valence-corrected chi connectivity index (χ2v) is 9.73. The van der Waals surface area contributed by atoms with Crippen LogP contribution < -0.4 is 5.73 Å². The average molecular weight is 439 g/mol. The van der Waals surface area contributed by atoms with Crippen LogP contribution in [-0.2, 0) is 11.2 Å². The summed E-state index contributed by atoms with van der Waals surface area (Å²) in [5.41, 5.74) is 11.8. The third-order valence-electron chi connectivity index (χ3n) is 6.65. The highest BCUT2D eigenvalue weighted by atomic mass is 35.5. The zero-order chi connectivity index (χ0) is 22.2. The van der Waals surface area contributed by atoms with Gasteiger partial charge >= 0.3 is 6.09 Å². The van der Waals surface area contributed by atoms with Gasteiger partial charge in [-0.05, 0) is 80.2 Å². The molecule has 2 aliphatic rings. The summed E-state index contributed by atoms with van der Waals surface area (Å²) in [6.45, 7) is 7.49. The molecule has 2 aromatic carbocycles. The van der Waals surface area contributed by atoms with Gasteiger partial charge in [0.05, 0.1) is 16.8 Å². The zero-order valence-corrected chi connectivity index (χ0v) is 19.3. The molecule has 5 heteroatoms. The molecule has 1 saturated carbocycles. The highest BCUT2D eigenvalue weighted by Gasteiger charge is 2.59. The van der Waals surface area contributed by atoms with Crippen molar-refractivity contribution in [3.8, 4) is 0 Å². The molecule has 1 saturated heterocycles. The first-order valence-electron chi connectivity index (χ1n) is 11.0. The molecule has 0 radical (unpaired) electrons. The molecule has 1 spiro atoms. The highest BCUT2D eigenvalue weighted by Crippen LogP contribution is 2.62. The lowest BCUT2D eigenvalue weighted by Gasteiger charge is -2.19. The van der Waals surface area contributed by atoms with Gasteiger partial charge in [-0.15, -0.1) is 0 Å². The lowest BCUT2D eigenvalue weighted by Crippen LogP contribution is -2.31. The quantitative estimate of drug-likeness (QED) is 0.572. The van der Waals surface area contributed by atoms with E-state index in [9.17, 15) is 4.79 Å². The fourth-order valence-corrected chi connectivity index (χ4v) is 4.99. The van der Waals surface area contributed by atoms with E-state index in [0.717, 1.165) is 37.9 Å². The average Bonchev–Trinajstić information content (AvgIpc) is 3.24. The number of rotatable bonds is 5. The molecule has 31 heavy (non-hydrogen) atoms. The number of carbonyl (C=O) groups excluding carboxylic acids is 1. The molecule has 0 aromatic heterocycles. The van der Waals surface area contributed by atoms with Crippen molar-refractivity contribution in [2.24, 2.45) is 11.3 Å². The molecular weight excluding hydrogens is 408 g/mol. The normalized spacial score (nSPS) is 22.9. The summed E-state index contributed by atoms with van der Waals surface area (Å²) in [7, 11) is 0. The van der Waals surface area contributed by atoms with Gasteiger partial charge in [0.25, 0.3) is 0 Å². The number of ether oxygens (including phenoxy) is 1. The van der Waals surface area contributed by atoms with Gasteiger partial charge in [0.2, 0.25) is 0 Å². The van der Waals surface area contributed by atoms with Crippen molar-refractivity contribution in [3.05, 3.63) is 69.8 Å². The van der Waals surface area contributed by atoms with E-state index in [4.69, 9.17) is 22.1 Å². The number of nitrogens with zero attached hydrogens (tertiary/aromatic N) is 1. The molecule has 0 bridgehead atoms. The topological polar surface area (TPSA) is 55.6 Å². The Balaban J connectivity index is 1.59. The van der Waals surface area contributed by atoms with Gasteiger partial charge in [-0.3, -0.25) is 0 Å². The van der Waals surface area contributed by atoms with Crippen molar-refractivity contribution < 1.29 is 9.53 Å². The van der Waals surface area contributed by atoms with Gasteiger partial charge in [-0.1, -0.05) is 53.6 Å². The largest absolute Gasteiger partial charge is 0.447 e. The number of hydrogen-bond acceptors (Lipinski definition) is 3. The smallest absolute Gasteiger partial charge is 0.410 e. The van der Waals surface area contributed by atoms with Crippen molar-refractivity contribution in [2.45, 2.75) is 46.1 Å². The highest BCUT2D eigenvalue weighted by molar-refractivity contribution is 6.33. The van der Waals surface area contributed by atoms with Gasteiger partial charge in [0, 0.05) is 13.1 Å². The summed E-state index contributed by atoms with van der Waals surface area (Å²) in [4.78, 5) is 14.3. The summed E-state index contributed by atoms with van der Waals surface area (Å²) in [5, 5.41) is 0.581. The van der Waals surface area contributed by atoms with E-state index in [-0.39, 0.29) is 17.6 Å². The number of allylic oxidation sites excluding steroid dienone is 1. The van der Waals surface area contributed by atoms with Crippen LogP contribution in [0.3, 0.4) is 0 Å². The number of hydrogen-bond donors (Lipinski definition) is 1. The first-order valence-corrected chi connectivity index (χ1v) is 11.4. The van der Waals surface area contributed by atoms with Gasteiger partial charge < -0.3 is 15.4 Å². The third-order valence-corrected chi connectivity index (χ3v) is 6.98. The van der Waals surface area contributed by atoms with Crippen molar-refractivity contribution >= 4 is 29.5 Å². The number of amides is 1. The summed E-state index contributed by atoms with van der Waals surface area (Å²) in [5.74, 6) is 0.459. The number of benzene rings is 2. The minimum absolute atomic E-state index is 0.0918. The molecule has 2 fully saturated rings. The van der Waals surface area contributed by atoms with E-state index in [1.807, 2.05) is 36.9 Å². The van der Waals surface area contributed by atoms with E-state index in [2.05, 4.69) is 37.3 Å². The predicted octanol–water partition coefficient (Wildman–Crippen LogP) is 6.11. The zero-order valence-electron chi connectivity index (χ0n) is 18.5. The second kappa shape index (κ2) is 8.58. The molecule has 2 atom stereocenters. The Bertz CT molecular complexity index is 1020. The molecule has 1 amide bonds. The van der Waals surface area contributed by atoms with E-state index in [1.54, 1.807) is 0 Å².